The molecule has 8 heteroatoms. The van der Waals surface area contributed by atoms with Crippen LogP contribution in [0, 0.1) is 20.8 Å². The minimum Gasteiger partial charge on any atom is -0.490 e. The Morgan fingerprint density at radius 3 is 2.74 bits per heavy atom. The van der Waals surface area contributed by atoms with Crippen molar-refractivity contribution in [3.8, 4) is 16.9 Å². The topological polar surface area (TPSA) is 87.9 Å². The smallest absolute Gasteiger partial charge is 0.253 e. The number of benzene rings is 2. The van der Waals surface area contributed by atoms with Gasteiger partial charge in [0.25, 0.3) is 5.91 Å². The number of nitrogens with zero attached hydrogens (tertiary/aromatic N) is 3. The number of carbonyl (C=O) groups excluding carboxylic acids is 2. The van der Waals surface area contributed by atoms with Crippen LogP contribution in [-0.4, -0.2) is 65.6 Å². The van der Waals surface area contributed by atoms with Crippen LogP contribution in [0.25, 0.3) is 11.1 Å². The summed E-state index contributed by atoms with van der Waals surface area (Å²) in [6.07, 6.45) is 0. The Hall–Kier alpha value is -3.65. The molecule has 8 nitrogen and oxygen atoms in total. The summed E-state index contributed by atoms with van der Waals surface area (Å²) in [7, 11) is 0. The third kappa shape index (κ3) is 4.28. The van der Waals surface area contributed by atoms with Crippen LogP contribution in [0.2, 0.25) is 0 Å². The summed E-state index contributed by atoms with van der Waals surface area (Å²) in [5.41, 5.74) is 4.98. The summed E-state index contributed by atoms with van der Waals surface area (Å²) < 4.78 is 11.5. The van der Waals surface area contributed by atoms with Crippen LogP contribution < -0.4 is 10.1 Å². The maximum atomic E-state index is 13.1. The molecule has 1 aromatic heterocycles. The first-order valence-electron chi connectivity index (χ1n) is 11.5. The van der Waals surface area contributed by atoms with E-state index in [0.29, 0.717) is 43.2 Å². The zero-order chi connectivity index (χ0) is 23.8. The van der Waals surface area contributed by atoms with E-state index in [1.807, 2.05) is 68.1 Å². The van der Waals surface area contributed by atoms with Crippen molar-refractivity contribution in [3.63, 3.8) is 0 Å². The molecule has 2 aliphatic rings. The SMILES string of the molecule is Cc1cccc(C(=O)N2CCN3CC(=O)Nc4cc(-c5c(C)noc5C)ccc4OC[C@H]3C2)c1. The van der Waals surface area contributed by atoms with Crippen molar-refractivity contribution < 1.29 is 18.8 Å². The lowest BCUT2D eigenvalue weighted by atomic mass is 10.0. The van der Waals surface area contributed by atoms with Crippen LogP contribution in [0.5, 0.6) is 5.75 Å². The molecule has 5 rings (SSSR count). The number of nitrogens with one attached hydrogen (secondary N) is 1. The highest BCUT2D eigenvalue weighted by atomic mass is 16.5. The third-order valence-electron chi connectivity index (χ3n) is 6.51. The predicted octanol–water partition coefficient (Wildman–Crippen LogP) is 3.42. The highest BCUT2D eigenvalue weighted by molar-refractivity contribution is 5.95. The summed E-state index contributed by atoms with van der Waals surface area (Å²) in [5, 5.41) is 7.04. The van der Waals surface area contributed by atoms with Gasteiger partial charge in [-0.15, -0.1) is 0 Å². The van der Waals surface area contributed by atoms with Crippen molar-refractivity contribution in [1.82, 2.24) is 15.0 Å². The second kappa shape index (κ2) is 8.95. The molecule has 0 saturated carbocycles. The van der Waals surface area contributed by atoms with Crippen LogP contribution in [-0.2, 0) is 4.79 Å². The van der Waals surface area contributed by atoms with Gasteiger partial charge in [0, 0.05) is 30.8 Å². The maximum absolute atomic E-state index is 13.1. The van der Waals surface area contributed by atoms with Crippen molar-refractivity contribution in [2.75, 3.05) is 38.1 Å². The Bertz CT molecular complexity index is 1230. The lowest BCUT2D eigenvalue weighted by Crippen LogP contribution is -2.57. The molecule has 0 radical (unpaired) electrons. The van der Waals surface area contributed by atoms with E-state index in [4.69, 9.17) is 9.26 Å². The molecular formula is C26H28N4O4. The zero-order valence-corrected chi connectivity index (χ0v) is 19.6. The molecule has 2 aliphatic heterocycles. The standard InChI is InChI=1S/C26H28N4O4/c1-16-5-4-6-20(11-16)26(32)30-10-9-29-14-24(31)27-22-12-19(25-17(2)28-34-18(25)3)7-8-23(22)33-15-21(29)13-30/h4-8,11-12,21H,9-10,13-15H2,1-3H3,(H,27,31)/t21-/m1/s1. The van der Waals surface area contributed by atoms with Gasteiger partial charge in [-0.05, 0) is 50.6 Å². The molecule has 0 aliphatic carbocycles. The minimum atomic E-state index is -0.105. The molecule has 0 unspecified atom stereocenters. The number of piperazine rings is 1. The molecule has 0 bridgehead atoms. The number of aryl methyl sites for hydroxylation is 3. The van der Waals surface area contributed by atoms with Crippen molar-refractivity contribution in [3.05, 3.63) is 65.0 Å². The van der Waals surface area contributed by atoms with Crippen LogP contribution in [0.15, 0.2) is 47.0 Å². The third-order valence-corrected chi connectivity index (χ3v) is 6.51. The molecule has 1 N–H and O–H groups in total. The molecular weight excluding hydrogens is 432 g/mol. The minimum absolute atomic E-state index is 0.0113. The van der Waals surface area contributed by atoms with Crippen LogP contribution in [0.4, 0.5) is 5.69 Å². The highest BCUT2D eigenvalue weighted by Gasteiger charge is 2.33. The quantitative estimate of drug-likeness (QED) is 0.631. The molecule has 2 aromatic carbocycles. The molecule has 3 aromatic rings. The van der Waals surface area contributed by atoms with E-state index < -0.39 is 0 Å². The highest BCUT2D eigenvalue weighted by Crippen LogP contribution is 2.34. The lowest BCUT2D eigenvalue weighted by Gasteiger charge is -2.40. The average Bonchev–Trinajstić information content (AvgIpc) is 3.18. The number of ether oxygens (including phenoxy) is 1. The average molecular weight is 461 g/mol. The van der Waals surface area contributed by atoms with E-state index in [1.54, 1.807) is 0 Å². The maximum Gasteiger partial charge on any atom is 0.253 e. The zero-order valence-electron chi connectivity index (χ0n) is 19.6. The predicted molar refractivity (Wildman–Crippen MR) is 128 cm³/mol. The fourth-order valence-electron chi connectivity index (χ4n) is 4.77. The van der Waals surface area contributed by atoms with Gasteiger partial charge in [0.05, 0.1) is 24.0 Å². The van der Waals surface area contributed by atoms with E-state index in [9.17, 15) is 9.59 Å². The molecule has 3 heterocycles. The number of hydrogen-bond acceptors (Lipinski definition) is 6. The van der Waals surface area contributed by atoms with Crippen molar-refractivity contribution in [2.24, 2.45) is 0 Å². The van der Waals surface area contributed by atoms with Crippen molar-refractivity contribution in [1.29, 1.82) is 0 Å². The fourth-order valence-corrected chi connectivity index (χ4v) is 4.77. The summed E-state index contributed by atoms with van der Waals surface area (Å²) in [6, 6.07) is 13.3. The number of hydrogen-bond donors (Lipinski definition) is 1. The Balaban J connectivity index is 1.37. The van der Waals surface area contributed by atoms with E-state index in [1.165, 1.54) is 0 Å². The summed E-state index contributed by atoms with van der Waals surface area (Å²) in [6.45, 7) is 8.05. The van der Waals surface area contributed by atoms with Gasteiger partial charge in [-0.25, -0.2) is 0 Å². The summed E-state index contributed by atoms with van der Waals surface area (Å²) in [4.78, 5) is 29.9. The normalized spacial score (nSPS) is 18.6. The Labute approximate surface area is 198 Å². The number of amides is 2. The van der Waals surface area contributed by atoms with Gasteiger partial charge < -0.3 is 19.5 Å². The van der Waals surface area contributed by atoms with E-state index in [2.05, 4.69) is 15.4 Å². The van der Waals surface area contributed by atoms with Crippen LogP contribution >= 0.6 is 0 Å². The number of anilines is 1. The van der Waals surface area contributed by atoms with Gasteiger partial charge >= 0.3 is 0 Å². The number of fused-ring (bicyclic) bond motifs is 2. The lowest BCUT2D eigenvalue weighted by molar-refractivity contribution is -0.118. The largest absolute Gasteiger partial charge is 0.490 e. The molecule has 1 saturated heterocycles. The Morgan fingerprint density at radius 2 is 1.97 bits per heavy atom. The summed E-state index contributed by atoms with van der Waals surface area (Å²) in [5.74, 6) is 1.24. The van der Waals surface area contributed by atoms with Crippen molar-refractivity contribution in [2.45, 2.75) is 26.8 Å². The van der Waals surface area contributed by atoms with E-state index in [-0.39, 0.29) is 24.4 Å². The van der Waals surface area contributed by atoms with Crippen LogP contribution in [0.3, 0.4) is 0 Å². The molecule has 176 valence electrons. The second-order valence-electron chi connectivity index (χ2n) is 9.01. The number of rotatable bonds is 2. The van der Waals surface area contributed by atoms with Gasteiger partial charge in [0.1, 0.15) is 18.1 Å². The summed E-state index contributed by atoms with van der Waals surface area (Å²) >= 11 is 0. The molecule has 2 amide bonds. The van der Waals surface area contributed by atoms with Crippen LogP contribution in [0.1, 0.15) is 27.4 Å². The van der Waals surface area contributed by atoms with Gasteiger partial charge in [0.15, 0.2) is 0 Å². The fraction of sp³-hybridized carbons (Fsp3) is 0.346. The number of carbonyl (C=O) groups is 2. The first-order chi connectivity index (χ1) is 16.4. The Kier molecular flexibility index (Phi) is 5.83. The molecule has 0 spiro atoms. The molecule has 1 atom stereocenters. The van der Waals surface area contributed by atoms with Crippen molar-refractivity contribution >= 4 is 17.5 Å². The van der Waals surface area contributed by atoms with Gasteiger partial charge in [0.2, 0.25) is 5.91 Å². The first-order valence-corrected chi connectivity index (χ1v) is 11.5. The number of aromatic nitrogens is 1. The second-order valence-corrected chi connectivity index (χ2v) is 9.01. The molecule has 34 heavy (non-hydrogen) atoms. The molecule has 1 fully saturated rings. The van der Waals surface area contributed by atoms with Gasteiger partial charge in [-0.2, -0.15) is 0 Å². The Morgan fingerprint density at radius 1 is 1.12 bits per heavy atom. The first kappa shape index (κ1) is 22.2. The van der Waals surface area contributed by atoms with E-state index >= 15 is 0 Å². The monoisotopic (exact) mass is 460 g/mol. The van der Waals surface area contributed by atoms with Gasteiger partial charge in [-0.1, -0.05) is 28.9 Å². The van der Waals surface area contributed by atoms with E-state index in [0.717, 1.165) is 28.1 Å². The van der Waals surface area contributed by atoms with Gasteiger partial charge in [-0.3, -0.25) is 14.5 Å².